The van der Waals surface area contributed by atoms with Crippen LogP contribution in [-0.4, -0.2) is 71.3 Å². The van der Waals surface area contributed by atoms with E-state index in [1.807, 2.05) is 62.4 Å². The van der Waals surface area contributed by atoms with Crippen LogP contribution in [0, 0.1) is 0 Å². The number of hydrogen-bond donors (Lipinski definition) is 0. The Morgan fingerprint density at radius 3 is 2.46 bits per heavy atom. The highest BCUT2D eigenvalue weighted by Crippen LogP contribution is 2.29. The summed E-state index contributed by atoms with van der Waals surface area (Å²) in [5, 5.41) is 0.693. The molecule has 0 saturated carbocycles. The van der Waals surface area contributed by atoms with Gasteiger partial charge in [0.05, 0.1) is 0 Å². The van der Waals surface area contributed by atoms with Gasteiger partial charge in [0.1, 0.15) is 5.69 Å². The van der Waals surface area contributed by atoms with Gasteiger partial charge in [-0.15, -0.1) is 0 Å². The summed E-state index contributed by atoms with van der Waals surface area (Å²) in [4.78, 5) is 36.0. The van der Waals surface area contributed by atoms with Gasteiger partial charge in [-0.3, -0.25) is 19.5 Å². The van der Waals surface area contributed by atoms with E-state index in [9.17, 15) is 9.59 Å². The maximum absolute atomic E-state index is 13.3. The van der Waals surface area contributed by atoms with Gasteiger partial charge in [0.15, 0.2) is 0 Å². The largest absolute Gasteiger partial charge is 0.349 e. The summed E-state index contributed by atoms with van der Waals surface area (Å²) in [6.45, 7) is 1.93. The van der Waals surface area contributed by atoms with Gasteiger partial charge in [-0.1, -0.05) is 48.0 Å². The van der Waals surface area contributed by atoms with Crippen molar-refractivity contribution in [1.82, 2.24) is 19.7 Å². The molecule has 1 fully saturated rings. The van der Waals surface area contributed by atoms with Crippen LogP contribution >= 0.6 is 11.6 Å². The molecule has 2 aliphatic rings. The van der Waals surface area contributed by atoms with E-state index in [2.05, 4.69) is 28.1 Å². The SMILES string of the molecule is CN(C)C(=O)CC1CCCN1Cc1ccc2c(c1)CCC(N(C)C(=O)c1ccc(-c3ccc(Cl)cc3)cn1)C2. The zero-order valence-corrected chi connectivity index (χ0v) is 23.8. The molecule has 1 aliphatic carbocycles. The molecule has 1 aliphatic heterocycles. The van der Waals surface area contributed by atoms with E-state index in [1.165, 1.54) is 16.7 Å². The number of benzene rings is 2. The number of aryl methyl sites for hydroxylation is 1. The second-order valence-electron chi connectivity index (χ2n) is 11.1. The first-order chi connectivity index (χ1) is 18.8. The predicted octanol–water partition coefficient (Wildman–Crippen LogP) is 5.47. The van der Waals surface area contributed by atoms with E-state index >= 15 is 0 Å². The number of amides is 2. The van der Waals surface area contributed by atoms with Crippen LogP contribution in [0.25, 0.3) is 11.1 Å². The Labute approximate surface area is 236 Å². The van der Waals surface area contributed by atoms with Crippen LogP contribution < -0.4 is 0 Å². The van der Waals surface area contributed by atoms with E-state index < -0.39 is 0 Å². The first-order valence-electron chi connectivity index (χ1n) is 13.8. The quantitative estimate of drug-likeness (QED) is 0.395. The summed E-state index contributed by atoms with van der Waals surface area (Å²) in [6.07, 6.45) is 7.33. The monoisotopic (exact) mass is 544 g/mol. The molecular weight excluding hydrogens is 508 g/mol. The van der Waals surface area contributed by atoms with Crippen molar-refractivity contribution in [1.29, 1.82) is 0 Å². The molecule has 0 bridgehead atoms. The Balaban J connectivity index is 1.20. The molecule has 2 amide bonds. The number of pyridine rings is 1. The first-order valence-corrected chi connectivity index (χ1v) is 14.2. The molecule has 2 atom stereocenters. The van der Waals surface area contributed by atoms with Crippen molar-refractivity contribution in [2.24, 2.45) is 0 Å². The van der Waals surface area contributed by atoms with E-state index in [0.717, 1.165) is 56.3 Å². The average molecular weight is 545 g/mol. The summed E-state index contributed by atoms with van der Waals surface area (Å²) in [6, 6.07) is 18.6. The first kappa shape index (κ1) is 27.4. The minimum absolute atomic E-state index is 0.0462. The number of aromatic nitrogens is 1. The Morgan fingerprint density at radius 2 is 1.74 bits per heavy atom. The summed E-state index contributed by atoms with van der Waals surface area (Å²) in [5.74, 6) is 0.157. The van der Waals surface area contributed by atoms with Gasteiger partial charge >= 0.3 is 0 Å². The highest BCUT2D eigenvalue weighted by molar-refractivity contribution is 6.30. The average Bonchev–Trinajstić information content (AvgIpc) is 3.38. The van der Waals surface area contributed by atoms with E-state index in [4.69, 9.17) is 11.6 Å². The van der Waals surface area contributed by atoms with Crippen molar-refractivity contribution in [3.05, 3.63) is 88.2 Å². The molecule has 6 nitrogen and oxygen atoms in total. The van der Waals surface area contributed by atoms with Crippen molar-refractivity contribution < 1.29 is 9.59 Å². The molecule has 39 heavy (non-hydrogen) atoms. The maximum atomic E-state index is 13.3. The molecule has 204 valence electrons. The molecule has 7 heteroatoms. The van der Waals surface area contributed by atoms with Gasteiger partial charge in [-0.05, 0) is 79.1 Å². The number of likely N-dealkylation sites (tertiary alicyclic amines) is 1. The van der Waals surface area contributed by atoms with Gasteiger partial charge in [-0.25, -0.2) is 0 Å². The molecule has 0 spiro atoms. The summed E-state index contributed by atoms with van der Waals surface area (Å²) in [7, 11) is 5.56. The Bertz CT molecular complexity index is 1320. The molecular formula is C32H37ClN4O2. The van der Waals surface area contributed by atoms with Gasteiger partial charge in [0.2, 0.25) is 5.91 Å². The molecule has 5 rings (SSSR count). The van der Waals surface area contributed by atoms with Crippen molar-refractivity contribution in [2.45, 2.75) is 57.2 Å². The van der Waals surface area contributed by atoms with Gasteiger partial charge in [0, 0.05) is 63.0 Å². The Hall–Kier alpha value is -3.22. The number of fused-ring (bicyclic) bond motifs is 1. The minimum Gasteiger partial charge on any atom is -0.349 e. The number of nitrogens with zero attached hydrogens (tertiary/aromatic N) is 4. The zero-order valence-electron chi connectivity index (χ0n) is 23.1. The number of carbonyl (C=O) groups excluding carboxylic acids is 2. The third-order valence-electron chi connectivity index (χ3n) is 8.30. The molecule has 2 unspecified atom stereocenters. The maximum Gasteiger partial charge on any atom is 0.272 e. The van der Waals surface area contributed by atoms with Crippen LogP contribution in [0.5, 0.6) is 0 Å². The van der Waals surface area contributed by atoms with Crippen LogP contribution in [0.2, 0.25) is 5.02 Å². The summed E-state index contributed by atoms with van der Waals surface area (Å²) in [5.41, 5.74) is 6.45. The molecule has 1 saturated heterocycles. The van der Waals surface area contributed by atoms with Crippen LogP contribution in [0.3, 0.4) is 0 Å². The highest BCUT2D eigenvalue weighted by atomic mass is 35.5. The number of hydrogen-bond acceptors (Lipinski definition) is 4. The number of likely N-dealkylation sites (N-methyl/N-ethyl adjacent to an activating group) is 1. The molecule has 2 aromatic carbocycles. The van der Waals surface area contributed by atoms with Crippen LogP contribution in [0.4, 0.5) is 0 Å². The second kappa shape index (κ2) is 11.9. The topological polar surface area (TPSA) is 56.8 Å². The smallest absolute Gasteiger partial charge is 0.272 e. The van der Waals surface area contributed by atoms with Crippen molar-refractivity contribution in [2.75, 3.05) is 27.7 Å². The highest BCUT2D eigenvalue weighted by Gasteiger charge is 2.29. The zero-order chi connectivity index (χ0) is 27.5. The van der Waals surface area contributed by atoms with Crippen LogP contribution in [0.15, 0.2) is 60.8 Å². The fourth-order valence-electron chi connectivity index (χ4n) is 5.85. The van der Waals surface area contributed by atoms with E-state index in [-0.39, 0.29) is 17.9 Å². The fourth-order valence-corrected chi connectivity index (χ4v) is 5.98. The minimum atomic E-state index is -0.0462. The normalized spacial score (nSPS) is 19.0. The Kier molecular flexibility index (Phi) is 8.34. The van der Waals surface area contributed by atoms with Gasteiger partial charge in [0.25, 0.3) is 5.91 Å². The third kappa shape index (κ3) is 6.34. The Morgan fingerprint density at radius 1 is 0.974 bits per heavy atom. The van der Waals surface area contributed by atoms with Crippen molar-refractivity contribution in [3.8, 4) is 11.1 Å². The van der Waals surface area contributed by atoms with E-state index in [0.29, 0.717) is 23.2 Å². The number of rotatable bonds is 7. The molecule has 3 aromatic rings. The third-order valence-corrected chi connectivity index (χ3v) is 8.55. The lowest BCUT2D eigenvalue weighted by Gasteiger charge is -2.33. The predicted molar refractivity (Wildman–Crippen MR) is 156 cm³/mol. The summed E-state index contributed by atoms with van der Waals surface area (Å²) >= 11 is 6.00. The molecule has 1 aromatic heterocycles. The van der Waals surface area contributed by atoms with Crippen molar-refractivity contribution in [3.63, 3.8) is 0 Å². The van der Waals surface area contributed by atoms with Gasteiger partial charge < -0.3 is 9.80 Å². The lowest BCUT2D eigenvalue weighted by molar-refractivity contribution is -0.129. The van der Waals surface area contributed by atoms with Gasteiger partial charge in [-0.2, -0.15) is 0 Å². The van der Waals surface area contributed by atoms with Crippen LogP contribution in [0.1, 0.15) is 52.9 Å². The van der Waals surface area contributed by atoms with E-state index in [1.54, 1.807) is 11.1 Å². The second-order valence-corrected chi connectivity index (χ2v) is 11.6. The summed E-state index contributed by atoms with van der Waals surface area (Å²) < 4.78 is 0. The molecule has 0 N–H and O–H groups in total. The lowest BCUT2D eigenvalue weighted by atomic mass is 9.86. The molecule has 0 radical (unpaired) electrons. The number of halogens is 1. The lowest BCUT2D eigenvalue weighted by Crippen LogP contribution is -2.41. The van der Waals surface area contributed by atoms with Crippen molar-refractivity contribution >= 4 is 23.4 Å². The number of carbonyl (C=O) groups is 2. The van der Waals surface area contributed by atoms with Crippen LogP contribution in [-0.2, 0) is 24.2 Å². The standard InChI is InChI=1S/C32H37ClN4O2/c1-35(2)31(38)19-29-5-4-16-37(29)21-22-6-7-25-18-28(14-10-24(25)17-22)36(3)32(39)30-15-11-26(20-34-30)23-8-12-27(33)13-9-23/h6-9,11-13,15,17,20,28-29H,4-5,10,14,16,18-19,21H2,1-3H3. The fraction of sp³-hybridized carbons (Fsp3) is 0.406. The molecule has 2 heterocycles.